The number of nitrogens with one attached hydrogen (secondary N) is 2. The van der Waals surface area contributed by atoms with Crippen molar-refractivity contribution in [2.24, 2.45) is 0 Å². The van der Waals surface area contributed by atoms with Crippen LogP contribution in [0.4, 0.5) is 5.69 Å². The third-order valence-corrected chi connectivity index (χ3v) is 3.41. The van der Waals surface area contributed by atoms with Gasteiger partial charge in [0, 0.05) is 22.3 Å². The summed E-state index contributed by atoms with van der Waals surface area (Å²) in [6, 6.07) is 5.96. The van der Waals surface area contributed by atoms with Gasteiger partial charge < -0.3 is 19.8 Å². The molecule has 0 fully saturated rings. The lowest BCUT2D eigenvalue weighted by Gasteiger charge is -2.12. The molecular formula is C18H22N2O4. The van der Waals surface area contributed by atoms with Crippen LogP contribution in [-0.4, -0.2) is 30.1 Å². The van der Waals surface area contributed by atoms with Gasteiger partial charge in [0.05, 0.1) is 19.3 Å². The summed E-state index contributed by atoms with van der Waals surface area (Å²) in [5, 5.41) is 4.07. The van der Waals surface area contributed by atoms with Crippen LogP contribution >= 0.6 is 0 Å². The number of anilines is 1. The second-order valence-electron chi connectivity index (χ2n) is 5.36. The first-order chi connectivity index (χ1) is 11.4. The molecule has 0 saturated carbocycles. The van der Waals surface area contributed by atoms with Crippen LogP contribution in [0.3, 0.4) is 0 Å². The van der Waals surface area contributed by atoms with Crippen LogP contribution in [0.1, 0.15) is 25.1 Å². The zero-order chi connectivity index (χ0) is 17.7. The van der Waals surface area contributed by atoms with Crippen molar-refractivity contribution >= 4 is 28.5 Å². The van der Waals surface area contributed by atoms with E-state index in [2.05, 4.69) is 10.3 Å². The highest BCUT2D eigenvalue weighted by Gasteiger charge is 2.15. The van der Waals surface area contributed by atoms with Crippen molar-refractivity contribution in [1.82, 2.24) is 4.98 Å². The van der Waals surface area contributed by atoms with Crippen molar-refractivity contribution in [3.63, 3.8) is 0 Å². The highest BCUT2D eigenvalue weighted by atomic mass is 16.5. The number of carbonyl (C=O) groups excluding carboxylic acids is 2. The molecule has 0 bridgehead atoms. The fourth-order valence-electron chi connectivity index (χ4n) is 2.38. The monoisotopic (exact) mass is 330 g/mol. The number of rotatable bonds is 6. The second-order valence-corrected chi connectivity index (χ2v) is 5.36. The molecule has 0 atom stereocenters. The molecule has 2 aromatic rings. The summed E-state index contributed by atoms with van der Waals surface area (Å²) in [6.45, 7) is 7.77. The molecule has 0 aliphatic heterocycles. The van der Waals surface area contributed by atoms with Crippen molar-refractivity contribution in [2.45, 2.75) is 27.7 Å². The molecule has 0 amide bonds. The number of H-pyrrole nitrogens is 1. The maximum atomic E-state index is 12.1. The largest absolute Gasteiger partial charge is 0.463 e. The first kappa shape index (κ1) is 17.6. The van der Waals surface area contributed by atoms with Crippen molar-refractivity contribution in [3.05, 3.63) is 41.2 Å². The molecule has 128 valence electrons. The van der Waals surface area contributed by atoms with Gasteiger partial charge in [0.25, 0.3) is 0 Å². The topological polar surface area (TPSA) is 80.4 Å². The molecule has 2 N–H and O–H groups in total. The van der Waals surface area contributed by atoms with Crippen molar-refractivity contribution < 1.29 is 19.1 Å². The zero-order valence-corrected chi connectivity index (χ0v) is 14.4. The highest BCUT2D eigenvalue weighted by Crippen LogP contribution is 2.25. The Labute approximate surface area is 140 Å². The second kappa shape index (κ2) is 7.68. The number of carbonyl (C=O) groups is 2. The third kappa shape index (κ3) is 4.16. The Morgan fingerprint density at radius 1 is 1.12 bits per heavy atom. The van der Waals surface area contributed by atoms with Gasteiger partial charge in [-0.1, -0.05) is 0 Å². The Bertz CT molecular complexity index is 790. The van der Waals surface area contributed by atoms with Crippen molar-refractivity contribution in [3.8, 4) is 0 Å². The van der Waals surface area contributed by atoms with Gasteiger partial charge >= 0.3 is 11.9 Å². The van der Waals surface area contributed by atoms with Crippen LogP contribution in [0.25, 0.3) is 10.9 Å². The minimum absolute atomic E-state index is 0.0426. The number of hydrogen-bond acceptors (Lipinski definition) is 5. The van der Waals surface area contributed by atoms with E-state index in [9.17, 15) is 9.59 Å². The average molecular weight is 330 g/mol. The Kier molecular flexibility index (Phi) is 5.63. The SMILES string of the molecule is CCOC(=O)/C=C(/Nc1cc2[nH]c(C)cc2cc1C)C(=O)OCC. The molecular weight excluding hydrogens is 308 g/mol. The molecule has 1 heterocycles. The van der Waals surface area contributed by atoms with E-state index in [1.165, 1.54) is 0 Å². The number of aromatic nitrogens is 1. The van der Waals surface area contributed by atoms with E-state index in [1.54, 1.807) is 13.8 Å². The Balaban J connectivity index is 2.36. The lowest BCUT2D eigenvalue weighted by molar-refractivity contribution is -0.140. The van der Waals surface area contributed by atoms with E-state index >= 15 is 0 Å². The average Bonchev–Trinajstić information content (AvgIpc) is 2.86. The van der Waals surface area contributed by atoms with E-state index in [0.29, 0.717) is 5.69 Å². The summed E-state index contributed by atoms with van der Waals surface area (Å²) >= 11 is 0. The van der Waals surface area contributed by atoms with Crippen LogP contribution in [0.2, 0.25) is 0 Å². The van der Waals surface area contributed by atoms with E-state index in [0.717, 1.165) is 28.2 Å². The predicted octanol–water partition coefficient (Wildman–Crippen LogP) is 3.21. The van der Waals surface area contributed by atoms with Crippen LogP contribution in [0, 0.1) is 13.8 Å². The van der Waals surface area contributed by atoms with E-state index in [4.69, 9.17) is 9.47 Å². The standard InChI is InChI=1S/C18H22N2O4/c1-5-23-17(21)10-16(18(22)24-6-2)20-14-9-15-13(7-11(14)3)8-12(4)19-15/h7-10,19-20H,5-6H2,1-4H3/b16-10+. The van der Waals surface area contributed by atoms with Gasteiger partial charge in [-0.05, 0) is 51.5 Å². The fraction of sp³-hybridized carbons (Fsp3) is 0.333. The molecule has 1 aromatic carbocycles. The van der Waals surface area contributed by atoms with Crippen LogP contribution < -0.4 is 5.32 Å². The normalized spacial score (nSPS) is 11.4. The minimum Gasteiger partial charge on any atom is -0.463 e. The molecule has 0 aliphatic rings. The molecule has 6 nitrogen and oxygen atoms in total. The summed E-state index contributed by atoms with van der Waals surface area (Å²) < 4.78 is 9.87. The first-order valence-corrected chi connectivity index (χ1v) is 7.87. The first-order valence-electron chi connectivity index (χ1n) is 7.87. The van der Waals surface area contributed by atoms with Crippen molar-refractivity contribution in [2.75, 3.05) is 18.5 Å². The quantitative estimate of drug-likeness (QED) is 0.628. The lowest BCUT2D eigenvalue weighted by Crippen LogP contribution is -2.17. The molecule has 1 aromatic heterocycles. The molecule has 6 heteroatoms. The fourth-order valence-corrected chi connectivity index (χ4v) is 2.38. The summed E-state index contributed by atoms with van der Waals surface area (Å²) in [6.07, 6.45) is 1.12. The maximum Gasteiger partial charge on any atom is 0.355 e. The Morgan fingerprint density at radius 2 is 1.83 bits per heavy atom. The van der Waals surface area contributed by atoms with Gasteiger partial charge in [-0.25, -0.2) is 9.59 Å². The van der Waals surface area contributed by atoms with E-state index < -0.39 is 11.9 Å². The lowest BCUT2D eigenvalue weighted by atomic mass is 10.1. The van der Waals surface area contributed by atoms with Gasteiger partial charge in [0.2, 0.25) is 0 Å². The predicted molar refractivity (Wildman–Crippen MR) is 92.7 cm³/mol. The van der Waals surface area contributed by atoms with E-state index in [1.807, 2.05) is 32.0 Å². The summed E-state index contributed by atoms with van der Waals surface area (Å²) in [7, 11) is 0. The molecule has 0 radical (unpaired) electrons. The molecule has 0 unspecified atom stereocenters. The number of aromatic amines is 1. The third-order valence-electron chi connectivity index (χ3n) is 3.41. The highest BCUT2D eigenvalue weighted by molar-refractivity contribution is 5.99. The number of hydrogen-bond donors (Lipinski definition) is 2. The van der Waals surface area contributed by atoms with Gasteiger partial charge in [-0.15, -0.1) is 0 Å². The smallest absolute Gasteiger partial charge is 0.355 e. The number of benzene rings is 1. The molecule has 2 rings (SSSR count). The van der Waals surface area contributed by atoms with Gasteiger partial charge in [-0.3, -0.25) is 0 Å². The van der Waals surface area contributed by atoms with Gasteiger partial charge in [0.15, 0.2) is 0 Å². The summed E-state index contributed by atoms with van der Waals surface area (Å²) in [5.41, 5.74) is 3.70. The van der Waals surface area contributed by atoms with Crippen LogP contribution in [-0.2, 0) is 19.1 Å². The van der Waals surface area contributed by atoms with Crippen molar-refractivity contribution in [1.29, 1.82) is 0 Å². The molecule has 0 saturated heterocycles. The number of aryl methyl sites for hydroxylation is 2. The van der Waals surface area contributed by atoms with E-state index in [-0.39, 0.29) is 18.9 Å². The van der Waals surface area contributed by atoms with Gasteiger partial charge in [0.1, 0.15) is 5.70 Å². The van der Waals surface area contributed by atoms with Gasteiger partial charge in [-0.2, -0.15) is 0 Å². The Morgan fingerprint density at radius 3 is 2.50 bits per heavy atom. The minimum atomic E-state index is -0.604. The summed E-state index contributed by atoms with van der Waals surface area (Å²) in [4.78, 5) is 27.0. The Hall–Kier alpha value is -2.76. The molecule has 0 spiro atoms. The van der Waals surface area contributed by atoms with Crippen LogP contribution in [0.5, 0.6) is 0 Å². The number of ether oxygens (including phenoxy) is 2. The maximum absolute atomic E-state index is 12.1. The number of esters is 2. The summed E-state index contributed by atoms with van der Waals surface area (Å²) in [5.74, 6) is -1.20. The number of fused-ring (bicyclic) bond motifs is 1. The van der Waals surface area contributed by atoms with Crippen LogP contribution in [0.15, 0.2) is 30.0 Å². The molecule has 24 heavy (non-hydrogen) atoms. The zero-order valence-electron chi connectivity index (χ0n) is 14.4. The molecule has 0 aliphatic carbocycles.